The second kappa shape index (κ2) is 6.36. The quantitative estimate of drug-likeness (QED) is 0.667. The van der Waals surface area contributed by atoms with Crippen molar-refractivity contribution >= 4 is 29.9 Å². The van der Waals surface area contributed by atoms with Crippen molar-refractivity contribution in [1.82, 2.24) is 9.78 Å². The first kappa shape index (κ1) is 15.0. The third kappa shape index (κ3) is 3.19. The van der Waals surface area contributed by atoms with Gasteiger partial charge in [-0.25, -0.2) is 9.48 Å². The Morgan fingerprint density at radius 3 is 2.62 bits per heavy atom. The van der Waals surface area contributed by atoms with Crippen LogP contribution in [-0.2, 0) is 11.2 Å². The summed E-state index contributed by atoms with van der Waals surface area (Å²) in [4.78, 5) is 24.0. The summed E-state index contributed by atoms with van der Waals surface area (Å²) in [5.41, 5.74) is 6.70. The molecule has 0 bridgehead atoms. The number of nitrogen functional groups attached to an aromatic ring is 1. The predicted molar refractivity (Wildman–Crippen MR) is 80.8 cm³/mol. The van der Waals surface area contributed by atoms with Crippen LogP contribution in [0.5, 0.6) is 0 Å². The van der Waals surface area contributed by atoms with Gasteiger partial charge in [-0.05, 0) is 12.5 Å². The van der Waals surface area contributed by atoms with E-state index in [4.69, 9.17) is 22.7 Å². The van der Waals surface area contributed by atoms with Gasteiger partial charge in [-0.3, -0.25) is 9.89 Å². The van der Waals surface area contributed by atoms with Crippen molar-refractivity contribution in [2.24, 2.45) is 0 Å². The number of hydrogen-bond acceptors (Lipinski definition) is 5. The summed E-state index contributed by atoms with van der Waals surface area (Å²) in [6, 6.07) is 9.21. The van der Waals surface area contributed by atoms with Crippen LogP contribution in [0.3, 0.4) is 0 Å². The van der Waals surface area contributed by atoms with Gasteiger partial charge in [0.25, 0.3) is 5.91 Å². The van der Waals surface area contributed by atoms with Crippen LogP contribution in [0.2, 0.25) is 0 Å². The van der Waals surface area contributed by atoms with Gasteiger partial charge in [-0.2, -0.15) is 0 Å². The lowest BCUT2D eigenvalue weighted by Gasteiger charge is -2.05. The highest BCUT2D eigenvalue weighted by Gasteiger charge is 2.21. The van der Waals surface area contributed by atoms with Gasteiger partial charge in [0.1, 0.15) is 16.0 Å². The fourth-order valence-corrected chi connectivity index (χ4v) is 2.17. The Labute approximate surface area is 126 Å². The first-order valence-electron chi connectivity index (χ1n) is 6.39. The highest BCUT2D eigenvalue weighted by molar-refractivity contribution is 7.71. The molecule has 0 aliphatic heterocycles. The number of anilines is 1. The predicted octanol–water partition coefficient (Wildman–Crippen LogP) is 2.19. The van der Waals surface area contributed by atoms with E-state index in [1.165, 1.54) is 0 Å². The number of nitrogens with one attached hydrogen (secondary N) is 1. The summed E-state index contributed by atoms with van der Waals surface area (Å²) in [6.45, 7) is 1.88. The molecule has 1 aromatic heterocycles. The molecule has 1 aromatic carbocycles. The molecule has 0 saturated carbocycles. The number of nitrogens with zero attached hydrogens (tertiary/aromatic N) is 1. The molecule has 110 valence electrons. The van der Waals surface area contributed by atoms with E-state index < -0.39 is 5.97 Å². The molecule has 0 atom stereocenters. The van der Waals surface area contributed by atoms with E-state index in [1.54, 1.807) is 6.92 Å². The summed E-state index contributed by atoms with van der Waals surface area (Å²) in [6.07, 6.45) is 0.146. The van der Waals surface area contributed by atoms with Gasteiger partial charge < -0.3 is 10.5 Å². The van der Waals surface area contributed by atoms with Crippen molar-refractivity contribution in [2.75, 3.05) is 12.3 Å². The van der Waals surface area contributed by atoms with Crippen LogP contribution >= 0.6 is 12.2 Å². The Morgan fingerprint density at radius 1 is 1.33 bits per heavy atom. The van der Waals surface area contributed by atoms with Crippen LogP contribution in [0.4, 0.5) is 5.82 Å². The Bertz CT molecular complexity index is 719. The van der Waals surface area contributed by atoms with Gasteiger partial charge in [0.15, 0.2) is 0 Å². The average Bonchev–Trinajstić information content (AvgIpc) is 2.75. The van der Waals surface area contributed by atoms with E-state index in [2.05, 4.69) is 5.10 Å². The second-order valence-corrected chi connectivity index (χ2v) is 4.72. The Hall–Kier alpha value is -2.41. The molecule has 0 fully saturated rings. The number of rotatable bonds is 4. The highest BCUT2D eigenvalue weighted by atomic mass is 32.1. The van der Waals surface area contributed by atoms with E-state index in [1.807, 2.05) is 30.3 Å². The molecular formula is C14H15N3O3S. The van der Waals surface area contributed by atoms with E-state index in [0.717, 1.165) is 10.2 Å². The number of ether oxygens (including phenoxy) is 1. The second-order valence-electron chi connectivity index (χ2n) is 4.31. The van der Waals surface area contributed by atoms with Gasteiger partial charge in [-0.15, -0.1) is 0 Å². The molecule has 0 saturated heterocycles. The molecule has 2 rings (SSSR count). The van der Waals surface area contributed by atoms with Crippen molar-refractivity contribution in [2.45, 2.75) is 13.3 Å². The van der Waals surface area contributed by atoms with Gasteiger partial charge in [0.2, 0.25) is 0 Å². The summed E-state index contributed by atoms with van der Waals surface area (Å²) in [5, 5.41) is 2.63. The zero-order valence-electron chi connectivity index (χ0n) is 11.5. The third-order valence-electron chi connectivity index (χ3n) is 2.86. The standard InChI is InChI=1S/C14H15N3O3S/c1-2-20-14(19)11-12(15)17(16-13(11)21)10(18)8-9-6-4-3-5-7-9/h3-7H,2,8,15H2,1H3,(H,16,21). The maximum absolute atomic E-state index is 12.2. The Balaban J connectivity index is 2.29. The molecule has 0 amide bonds. The maximum Gasteiger partial charge on any atom is 0.344 e. The SMILES string of the molecule is CCOC(=O)c1c(N)n(C(=O)Cc2ccccc2)[nH]c1=S. The summed E-state index contributed by atoms with van der Waals surface area (Å²) < 4.78 is 6.05. The van der Waals surface area contributed by atoms with Crippen LogP contribution in [0.1, 0.15) is 27.6 Å². The van der Waals surface area contributed by atoms with Crippen molar-refractivity contribution in [1.29, 1.82) is 0 Å². The van der Waals surface area contributed by atoms with Gasteiger partial charge in [-0.1, -0.05) is 42.5 Å². The average molecular weight is 305 g/mol. The fourth-order valence-electron chi connectivity index (χ4n) is 1.89. The number of carbonyl (C=O) groups excluding carboxylic acids is 2. The number of aromatic nitrogens is 2. The number of H-pyrrole nitrogens is 1. The normalized spacial score (nSPS) is 10.3. The molecule has 6 nitrogen and oxygen atoms in total. The smallest absolute Gasteiger partial charge is 0.344 e. The van der Waals surface area contributed by atoms with Crippen molar-refractivity contribution in [3.63, 3.8) is 0 Å². The van der Waals surface area contributed by atoms with Gasteiger partial charge in [0.05, 0.1) is 13.0 Å². The summed E-state index contributed by atoms with van der Waals surface area (Å²) in [7, 11) is 0. The minimum Gasteiger partial charge on any atom is -0.462 e. The molecule has 0 aliphatic carbocycles. The number of nitrogens with two attached hydrogens (primary N) is 1. The Kier molecular flexibility index (Phi) is 4.54. The van der Waals surface area contributed by atoms with Crippen LogP contribution in [0.15, 0.2) is 30.3 Å². The molecule has 0 aliphatic rings. The fraction of sp³-hybridized carbons (Fsp3) is 0.214. The molecule has 0 unspecified atom stereocenters. The van der Waals surface area contributed by atoms with Crippen LogP contribution in [0, 0.1) is 4.64 Å². The van der Waals surface area contributed by atoms with E-state index in [0.29, 0.717) is 0 Å². The number of carbonyl (C=O) groups is 2. The molecule has 21 heavy (non-hydrogen) atoms. The number of aromatic amines is 1. The third-order valence-corrected chi connectivity index (χ3v) is 3.16. The van der Waals surface area contributed by atoms with Crippen LogP contribution in [0.25, 0.3) is 0 Å². The lowest BCUT2D eigenvalue weighted by molar-refractivity contribution is 0.0527. The molecule has 1 heterocycles. The van der Waals surface area contributed by atoms with Crippen LogP contribution in [-0.4, -0.2) is 28.3 Å². The molecule has 7 heteroatoms. The minimum absolute atomic E-state index is 0.0215. The topological polar surface area (TPSA) is 90.1 Å². The van der Waals surface area contributed by atoms with Crippen LogP contribution < -0.4 is 5.73 Å². The summed E-state index contributed by atoms with van der Waals surface area (Å²) in [5.74, 6) is -0.970. The number of hydrogen-bond donors (Lipinski definition) is 2. The first-order chi connectivity index (χ1) is 10.0. The minimum atomic E-state index is -0.637. The van der Waals surface area contributed by atoms with E-state index in [9.17, 15) is 9.59 Å². The Morgan fingerprint density at radius 2 is 2.00 bits per heavy atom. The first-order valence-corrected chi connectivity index (χ1v) is 6.80. The maximum atomic E-state index is 12.2. The molecule has 0 radical (unpaired) electrons. The molecule has 0 spiro atoms. The van der Waals surface area contributed by atoms with E-state index >= 15 is 0 Å². The molecule has 3 N–H and O–H groups in total. The molecular weight excluding hydrogens is 290 g/mol. The largest absolute Gasteiger partial charge is 0.462 e. The zero-order valence-corrected chi connectivity index (χ0v) is 12.3. The van der Waals surface area contributed by atoms with E-state index in [-0.39, 0.29) is 35.0 Å². The monoisotopic (exact) mass is 305 g/mol. The summed E-state index contributed by atoms with van der Waals surface area (Å²) >= 11 is 5.03. The lowest BCUT2D eigenvalue weighted by atomic mass is 10.1. The molecule has 2 aromatic rings. The van der Waals surface area contributed by atoms with Crippen molar-refractivity contribution in [3.05, 3.63) is 46.1 Å². The van der Waals surface area contributed by atoms with Crippen molar-refractivity contribution in [3.8, 4) is 0 Å². The van der Waals surface area contributed by atoms with Crippen molar-refractivity contribution < 1.29 is 14.3 Å². The lowest BCUT2D eigenvalue weighted by Crippen LogP contribution is -2.18. The van der Waals surface area contributed by atoms with Gasteiger partial charge in [0, 0.05) is 0 Å². The highest BCUT2D eigenvalue weighted by Crippen LogP contribution is 2.16. The number of benzene rings is 1. The number of esters is 1. The van der Waals surface area contributed by atoms with Gasteiger partial charge >= 0.3 is 5.97 Å². The zero-order chi connectivity index (χ0) is 15.4.